The maximum absolute atomic E-state index is 15.9. The summed E-state index contributed by atoms with van der Waals surface area (Å²) in [6.45, 7) is -0.863. The molecule has 25 nitrogen and oxygen atoms in total. The van der Waals surface area contributed by atoms with E-state index in [2.05, 4.69) is 53.0 Å². The molecule has 9 rings (SSSR count). The first kappa shape index (κ1) is 99.1. The highest BCUT2D eigenvalue weighted by atomic mass is 32.2. The predicted molar refractivity (Wildman–Crippen MR) is 452 cm³/mol. The highest BCUT2D eigenvalue weighted by Gasteiger charge is 2.39. The van der Waals surface area contributed by atoms with Crippen molar-refractivity contribution in [2.24, 2.45) is 5.73 Å². The Hall–Kier alpha value is -9.64. The molecule has 6 aromatic carbocycles. The summed E-state index contributed by atoms with van der Waals surface area (Å²) in [5.74, 6) is 20.4. The lowest BCUT2D eigenvalue weighted by atomic mass is 10.1. The molecule has 125 heavy (non-hydrogen) atoms. The summed E-state index contributed by atoms with van der Waals surface area (Å²) in [4.78, 5) is 18.8. The number of hydrogen-bond donors (Lipinski definition) is 1. The van der Waals surface area contributed by atoms with Gasteiger partial charge in [0.05, 0.1) is 72.9 Å². The fraction of sp³-hybridized carbons (Fsp3) is 0.329. The second kappa shape index (κ2) is 44.2. The van der Waals surface area contributed by atoms with Crippen LogP contribution in [0.2, 0.25) is 0 Å². The molecule has 0 aliphatic heterocycles. The van der Waals surface area contributed by atoms with Gasteiger partial charge in [0.15, 0.2) is 19.8 Å². The van der Waals surface area contributed by atoms with Crippen LogP contribution in [0.1, 0.15) is 90.5 Å². The average Bonchev–Trinajstić information content (AvgIpc) is 0.781. The lowest BCUT2D eigenvalue weighted by Crippen LogP contribution is -2.39. The molecule has 3 atom stereocenters. The van der Waals surface area contributed by atoms with E-state index < -0.39 is 105 Å². The predicted octanol–water partition coefficient (Wildman–Crippen LogP) is 12.3. The van der Waals surface area contributed by atoms with Crippen molar-refractivity contribution in [2.75, 3.05) is 107 Å². The summed E-state index contributed by atoms with van der Waals surface area (Å²) >= 11 is 0. The van der Waals surface area contributed by atoms with E-state index in [0.717, 1.165) is 72.8 Å². The second-order valence-electron chi connectivity index (χ2n) is 27.6. The zero-order valence-electron chi connectivity index (χ0n) is 68.6. The van der Waals surface area contributed by atoms with Crippen LogP contribution in [-0.2, 0) is 89.8 Å². The van der Waals surface area contributed by atoms with Crippen molar-refractivity contribution in [3.8, 4) is 52.8 Å². The zero-order valence-corrected chi connectivity index (χ0v) is 73.8. The van der Waals surface area contributed by atoms with E-state index in [9.17, 15) is 64.8 Å². The van der Waals surface area contributed by atoms with E-state index in [-0.39, 0.29) is 115 Å². The largest absolute Gasteiger partial charge is 0.497 e. The number of unbranched alkanes of at least 4 members (excludes halogenated alkanes) is 2. The Kier molecular flexibility index (Phi) is 35.0. The third kappa shape index (κ3) is 29.2. The average molecular weight is 1860 g/mol. The summed E-state index contributed by atoms with van der Waals surface area (Å²) in [5, 5.41) is -0.292. The van der Waals surface area contributed by atoms with Crippen LogP contribution in [0.3, 0.4) is 0 Å². The molecule has 3 heterocycles. The number of aromatic nitrogens is 3. The molecule has 40 heteroatoms. The first-order chi connectivity index (χ1) is 59.1. The molecule has 0 aliphatic carbocycles. The van der Waals surface area contributed by atoms with Crippen LogP contribution in [0, 0.1) is 35.5 Å². The third-order valence-corrected chi connectivity index (χ3v) is 29.3. The molecule has 0 aliphatic rings. The Morgan fingerprint density at radius 3 is 0.904 bits per heavy atom. The Morgan fingerprint density at radius 2 is 0.632 bits per heavy atom. The standard InChI is InChI=1S/C85H89F9N7O18P3S3/c1-8-114-120(102,74-32-38-77(39-33-74)123(105,106)117-59-83(86,87)88)80-53-65(17-14-62-20-26-71(111-5)27-21-62)50-68(96-80)56-99(4)46-47-101(58-70-52-67(19-16-64-24-30-73(113-7)31-25-64)55-82(98-70)122(104,116-10-3)76-36-42-79(43-37-76)125(109,110)119-61-85(92,93)94)49-48-100(45-13-11-12-44-95)57-69-51-66(18-15-63-22-28-72(112-6)29-23-63)54-81(97-69)121(103,115-9-2)75-34-40-78(41-35-75)124(107,108)118-60-84(89,90)91/h20-43,50-55H,8-13,44-49,56-61,95H2,1-7H3. The quantitative estimate of drug-likeness (QED) is 0.0122. The molecule has 668 valence electrons. The van der Waals surface area contributed by atoms with E-state index in [1.54, 1.807) is 119 Å². The fourth-order valence-corrected chi connectivity index (χ4v) is 20.9. The van der Waals surface area contributed by atoms with Crippen molar-refractivity contribution < 1.29 is 119 Å². The van der Waals surface area contributed by atoms with E-state index in [1.165, 1.54) is 39.5 Å². The Balaban J connectivity index is 1.17. The number of nitrogens with two attached hydrogens (primary N) is 1. The molecular weight excluding hydrogens is 1770 g/mol. The number of rotatable bonds is 41. The Labute approximate surface area is 720 Å². The van der Waals surface area contributed by atoms with Crippen molar-refractivity contribution in [2.45, 2.75) is 92.9 Å². The number of hydrogen-bond acceptors (Lipinski definition) is 25. The van der Waals surface area contributed by atoms with Gasteiger partial charge in [0, 0.05) is 95.1 Å². The zero-order chi connectivity index (χ0) is 91.0. The molecule has 2 N–H and O–H groups in total. The van der Waals surface area contributed by atoms with Crippen molar-refractivity contribution in [1.29, 1.82) is 0 Å². The maximum Gasteiger partial charge on any atom is 0.413 e. The molecule has 3 unspecified atom stereocenters. The van der Waals surface area contributed by atoms with Gasteiger partial charge in [-0.1, -0.05) is 41.9 Å². The smallest absolute Gasteiger partial charge is 0.413 e. The minimum Gasteiger partial charge on any atom is -0.497 e. The molecular formula is C85H89F9N7O18P3S3. The topological polar surface area (TPSA) is 311 Å². The van der Waals surface area contributed by atoms with Gasteiger partial charge in [0.1, 0.15) is 33.6 Å². The van der Waals surface area contributed by atoms with Crippen LogP contribution in [0.4, 0.5) is 39.5 Å². The highest BCUT2D eigenvalue weighted by Crippen LogP contribution is 2.47. The van der Waals surface area contributed by atoms with E-state index in [0.29, 0.717) is 83.1 Å². The van der Waals surface area contributed by atoms with Gasteiger partial charge >= 0.3 is 18.5 Å². The Bertz CT molecular complexity index is 5900. The molecule has 0 fully saturated rings. The SMILES string of the molecule is CCOP(=O)(c1ccc(S(=O)(=O)OCC(F)(F)F)cc1)c1cc(C#Cc2ccc(OC)cc2)cc(CN(C)CCN(CCN(CCCCCN)Cc2cc(C#Cc3ccc(OC)cc3)cc(P(=O)(OCC)c3ccc(S(=O)(=O)OCC(F)(F)F)cc3)n2)Cc2cc(C#Cc3ccc(OC)cc3)cc(P(=O)(OCC)c3ccc(S(=O)(=O)OCC(F)(F)F)cc3)n2)n1. The van der Waals surface area contributed by atoms with Gasteiger partial charge in [-0.2, -0.15) is 64.8 Å². The highest BCUT2D eigenvalue weighted by molar-refractivity contribution is 7.87. The Morgan fingerprint density at radius 1 is 0.360 bits per heavy atom. The van der Waals surface area contributed by atoms with Gasteiger partial charge in [0.25, 0.3) is 52.5 Å². The summed E-state index contributed by atoms with van der Waals surface area (Å²) in [6, 6.07) is 42.1. The number of pyridine rings is 3. The first-order valence-corrected chi connectivity index (χ1v) is 47.5. The molecule has 0 saturated carbocycles. The minimum atomic E-state index is -5.01. The molecule has 0 spiro atoms. The molecule has 0 saturated heterocycles. The number of nitrogens with zero attached hydrogens (tertiary/aromatic N) is 6. The van der Waals surface area contributed by atoms with Gasteiger partial charge in [-0.05, 0) is 236 Å². The molecule has 0 radical (unpaired) electrons. The van der Waals surface area contributed by atoms with Crippen LogP contribution in [-0.4, -0.2) is 181 Å². The number of ether oxygens (including phenoxy) is 3. The van der Waals surface area contributed by atoms with Crippen molar-refractivity contribution in [3.63, 3.8) is 0 Å². The van der Waals surface area contributed by atoms with Crippen LogP contribution < -0.4 is 52.2 Å². The normalized spacial score (nSPS) is 13.6. The van der Waals surface area contributed by atoms with Gasteiger partial charge in [0.2, 0.25) is 0 Å². The number of methoxy groups -OCH3 is 3. The van der Waals surface area contributed by atoms with E-state index in [4.69, 9.17) is 48.5 Å². The summed E-state index contributed by atoms with van der Waals surface area (Å²) in [5.41, 5.74) is 8.91. The summed E-state index contributed by atoms with van der Waals surface area (Å²) in [6.07, 6.45) is -13.1. The second-order valence-corrected chi connectivity index (χ2v) is 39.4. The van der Waals surface area contributed by atoms with Gasteiger partial charge in [-0.15, -0.1) is 0 Å². The van der Waals surface area contributed by atoms with Crippen molar-refractivity contribution >= 4 is 84.7 Å². The maximum atomic E-state index is 15.9. The minimum absolute atomic E-state index is 0.00610. The van der Waals surface area contributed by atoms with Crippen LogP contribution in [0.15, 0.2) is 197 Å². The van der Waals surface area contributed by atoms with Gasteiger partial charge in [-0.25, -0.2) is 15.0 Å². The van der Waals surface area contributed by atoms with Crippen LogP contribution >= 0.6 is 22.1 Å². The van der Waals surface area contributed by atoms with Gasteiger partial charge < -0.3 is 33.5 Å². The van der Waals surface area contributed by atoms with E-state index >= 15 is 13.7 Å². The first-order valence-electron chi connectivity index (χ1n) is 38.4. The van der Waals surface area contributed by atoms with Crippen molar-refractivity contribution in [1.82, 2.24) is 29.7 Å². The number of benzene rings is 6. The third-order valence-electron chi connectivity index (χ3n) is 18.2. The molecule has 0 bridgehead atoms. The monoisotopic (exact) mass is 1860 g/mol. The van der Waals surface area contributed by atoms with Crippen LogP contribution in [0.25, 0.3) is 0 Å². The molecule has 9 aromatic rings. The van der Waals surface area contributed by atoms with Gasteiger partial charge in [-0.3, -0.25) is 40.9 Å². The van der Waals surface area contributed by atoms with Crippen LogP contribution in [0.5, 0.6) is 17.2 Å². The number of likely N-dealkylation sites (N-methyl/N-ethyl adjacent to an activating group) is 1. The fourth-order valence-electron chi connectivity index (χ4n) is 12.1. The summed E-state index contributed by atoms with van der Waals surface area (Å²) in [7, 11) is -21.9. The molecule has 3 aromatic heterocycles. The molecule has 0 amide bonds. The van der Waals surface area contributed by atoms with E-state index in [1.807, 2.05) is 9.80 Å². The van der Waals surface area contributed by atoms with Crippen molar-refractivity contribution in [3.05, 3.63) is 232 Å². The summed E-state index contributed by atoms with van der Waals surface area (Å²) < 4.78 is 291. The number of halogens is 9. The lowest BCUT2D eigenvalue weighted by molar-refractivity contribution is -0.153. The lowest BCUT2D eigenvalue weighted by Gasteiger charge is -2.29. The number of alkyl halides is 9.